The number of hydrogen-bond acceptors (Lipinski definition) is 4. The van der Waals surface area contributed by atoms with E-state index < -0.39 is 34.9 Å². The summed E-state index contributed by atoms with van der Waals surface area (Å²) in [7, 11) is 0. The quantitative estimate of drug-likeness (QED) is 0.792. The largest absolute Gasteiger partial charge is 0.435 e. The van der Waals surface area contributed by atoms with Crippen molar-refractivity contribution < 1.29 is 22.4 Å². The van der Waals surface area contributed by atoms with Gasteiger partial charge in [0.15, 0.2) is 5.69 Å². The Morgan fingerprint density at radius 2 is 2.00 bits per heavy atom. The van der Waals surface area contributed by atoms with Gasteiger partial charge in [0, 0.05) is 11.8 Å². The average Bonchev–Trinajstić information content (AvgIpc) is 2.57. The van der Waals surface area contributed by atoms with E-state index >= 15 is 0 Å². The van der Waals surface area contributed by atoms with Gasteiger partial charge in [-0.2, -0.15) is 18.4 Å². The third-order valence-corrected chi connectivity index (χ3v) is 4.19. The SMILES string of the molecule is N#CC1(NC(=O)Nc2ccc(-c3cncc(F)c3)nc2C(F)(F)F)CCC1. The minimum Gasteiger partial charge on any atom is -0.319 e. The minimum atomic E-state index is -4.86. The van der Waals surface area contributed by atoms with Gasteiger partial charge in [-0.05, 0) is 37.5 Å². The lowest BCUT2D eigenvalue weighted by molar-refractivity contribution is -0.140. The molecule has 1 saturated carbocycles. The molecule has 1 aliphatic rings. The summed E-state index contributed by atoms with van der Waals surface area (Å²) >= 11 is 0. The highest BCUT2D eigenvalue weighted by atomic mass is 19.4. The van der Waals surface area contributed by atoms with Gasteiger partial charge in [0.25, 0.3) is 0 Å². The van der Waals surface area contributed by atoms with Crippen LogP contribution < -0.4 is 10.6 Å². The number of nitriles is 1. The molecule has 0 aliphatic heterocycles. The Kier molecular flexibility index (Phi) is 4.70. The number of carbonyl (C=O) groups is 1. The third kappa shape index (κ3) is 3.97. The second-order valence-electron chi connectivity index (χ2n) is 6.11. The van der Waals surface area contributed by atoms with Gasteiger partial charge < -0.3 is 10.6 Å². The summed E-state index contributed by atoms with van der Waals surface area (Å²) in [6.07, 6.45) is -1.14. The maximum atomic E-state index is 13.4. The lowest BCUT2D eigenvalue weighted by Crippen LogP contribution is -2.53. The molecule has 2 N–H and O–H groups in total. The predicted molar refractivity (Wildman–Crippen MR) is 86.8 cm³/mol. The predicted octanol–water partition coefficient (Wildman–Crippen LogP) is 3.87. The van der Waals surface area contributed by atoms with Gasteiger partial charge in [0.2, 0.25) is 0 Å². The maximum Gasteiger partial charge on any atom is 0.435 e. The number of alkyl halides is 3. The molecule has 0 radical (unpaired) electrons. The van der Waals surface area contributed by atoms with Crippen molar-refractivity contribution in [3.63, 3.8) is 0 Å². The molecule has 0 saturated heterocycles. The van der Waals surface area contributed by atoms with E-state index in [4.69, 9.17) is 5.26 Å². The Hall–Kier alpha value is -3.22. The molecule has 10 heteroatoms. The first-order chi connectivity index (χ1) is 12.7. The fourth-order valence-electron chi connectivity index (χ4n) is 2.65. The molecule has 0 unspecified atom stereocenters. The molecule has 2 heterocycles. The van der Waals surface area contributed by atoms with Gasteiger partial charge >= 0.3 is 12.2 Å². The Bertz CT molecular complexity index is 918. The van der Waals surface area contributed by atoms with Crippen LogP contribution in [0.15, 0.2) is 30.6 Å². The highest BCUT2D eigenvalue weighted by Gasteiger charge is 2.40. The maximum absolute atomic E-state index is 13.4. The Labute approximate surface area is 151 Å². The van der Waals surface area contributed by atoms with Gasteiger partial charge in [-0.1, -0.05) is 0 Å². The van der Waals surface area contributed by atoms with Crippen LogP contribution in [0, 0.1) is 17.1 Å². The van der Waals surface area contributed by atoms with Crippen molar-refractivity contribution in [1.29, 1.82) is 5.26 Å². The van der Waals surface area contributed by atoms with Crippen molar-refractivity contribution in [3.8, 4) is 17.3 Å². The van der Waals surface area contributed by atoms with E-state index in [-0.39, 0.29) is 11.3 Å². The molecule has 2 amide bonds. The number of anilines is 1. The molecule has 1 fully saturated rings. The molecule has 27 heavy (non-hydrogen) atoms. The number of halogens is 4. The first-order valence-corrected chi connectivity index (χ1v) is 7.92. The van der Waals surface area contributed by atoms with Crippen LogP contribution in [-0.4, -0.2) is 21.5 Å². The van der Waals surface area contributed by atoms with Crippen molar-refractivity contribution in [3.05, 3.63) is 42.1 Å². The van der Waals surface area contributed by atoms with Crippen LogP contribution in [0.1, 0.15) is 25.0 Å². The summed E-state index contributed by atoms with van der Waals surface area (Å²) < 4.78 is 53.4. The standard InChI is InChI=1S/C17H13F4N5O/c18-11-6-10(7-23-8-11)12-2-3-13(14(24-12)17(19,20)21)25-15(27)26-16(9-22)4-1-5-16/h2-3,6-8H,1,4-5H2,(H2,25,26,27). The van der Waals surface area contributed by atoms with E-state index in [1.165, 1.54) is 12.3 Å². The van der Waals surface area contributed by atoms with Gasteiger partial charge in [-0.15, -0.1) is 0 Å². The zero-order valence-electron chi connectivity index (χ0n) is 13.8. The van der Waals surface area contributed by atoms with E-state index in [2.05, 4.69) is 20.6 Å². The fraction of sp³-hybridized carbons (Fsp3) is 0.294. The number of nitrogens with zero attached hydrogens (tertiary/aromatic N) is 3. The lowest BCUT2D eigenvalue weighted by atomic mass is 9.78. The summed E-state index contributed by atoms with van der Waals surface area (Å²) in [5.74, 6) is -0.716. The van der Waals surface area contributed by atoms with E-state index in [1.54, 1.807) is 0 Å². The minimum absolute atomic E-state index is 0.0643. The highest BCUT2D eigenvalue weighted by molar-refractivity contribution is 5.91. The van der Waals surface area contributed by atoms with Crippen LogP contribution >= 0.6 is 0 Å². The van der Waals surface area contributed by atoms with Crippen LogP contribution in [0.4, 0.5) is 28.0 Å². The first kappa shape index (κ1) is 18.6. The first-order valence-electron chi connectivity index (χ1n) is 7.92. The molecule has 1 aliphatic carbocycles. The summed E-state index contributed by atoms with van der Waals surface area (Å²) in [5, 5.41) is 13.6. The summed E-state index contributed by atoms with van der Waals surface area (Å²) in [6.45, 7) is 0. The molecular weight excluding hydrogens is 366 g/mol. The number of carbonyl (C=O) groups excluding carboxylic acids is 1. The number of urea groups is 1. The Morgan fingerprint density at radius 1 is 1.26 bits per heavy atom. The van der Waals surface area contributed by atoms with Crippen LogP contribution in [0.3, 0.4) is 0 Å². The van der Waals surface area contributed by atoms with E-state index in [9.17, 15) is 22.4 Å². The van der Waals surface area contributed by atoms with Crippen molar-refractivity contribution >= 4 is 11.7 Å². The molecule has 2 aromatic heterocycles. The molecule has 0 atom stereocenters. The number of pyridine rings is 2. The van der Waals surface area contributed by atoms with Crippen LogP contribution in [0.25, 0.3) is 11.3 Å². The topological polar surface area (TPSA) is 90.7 Å². The molecule has 0 aromatic carbocycles. The van der Waals surface area contributed by atoms with Crippen molar-refractivity contribution in [2.45, 2.75) is 31.0 Å². The van der Waals surface area contributed by atoms with E-state index in [0.29, 0.717) is 12.8 Å². The van der Waals surface area contributed by atoms with Crippen LogP contribution in [-0.2, 0) is 6.18 Å². The summed E-state index contributed by atoms with van der Waals surface area (Å²) in [5.41, 5.74) is -3.04. The van der Waals surface area contributed by atoms with Crippen molar-refractivity contribution in [1.82, 2.24) is 15.3 Å². The Balaban J connectivity index is 1.89. The zero-order valence-corrected chi connectivity index (χ0v) is 13.8. The number of rotatable bonds is 3. The van der Waals surface area contributed by atoms with Gasteiger partial charge in [-0.25, -0.2) is 14.2 Å². The second kappa shape index (κ2) is 6.83. The van der Waals surface area contributed by atoms with E-state index in [1.807, 2.05) is 6.07 Å². The molecule has 140 valence electrons. The number of aromatic nitrogens is 2. The fourth-order valence-corrected chi connectivity index (χ4v) is 2.65. The molecule has 6 nitrogen and oxygen atoms in total. The molecule has 3 rings (SSSR count). The van der Waals surface area contributed by atoms with Gasteiger partial charge in [-0.3, -0.25) is 4.98 Å². The van der Waals surface area contributed by atoms with Crippen LogP contribution in [0.5, 0.6) is 0 Å². The number of amides is 2. The molecule has 0 bridgehead atoms. The van der Waals surface area contributed by atoms with E-state index in [0.717, 1.165) is 24.8 Å². The number of hydrogen-bond donors (Lipinski definition) is 2. The summed E-state index contributed by atoms with van der Waals surface area (Å²) in [4.78, 5) is 19.1. The zero-order chi connectivity index (χ0) is 19.7. The second-order valence-corrected chi connectivity index (χ2v) is 6.11. The monoisotopic (exact) mass is 379 g/mol. The Morgan fingerprint density at radius 3 is 2.56 bits per heavy atom. The number of nitrogens with one attached hydrogen (secondary N) is 2. The van der Waals surface area contributed by atoms with Crippen molar-refractivity contribution in [2.75, 3.05) is 5.32 Å². The average molecular weight is 379 g/mol. The molecule has 2 aromatic rings. The normalized spacial score (nSPS) is 15.4. The highest BCUT2D eigenvalue weighted by Crippen LogP contribution is 2.35. The smallest absolute Gasteiger partial charge is 0.319 e. The molecular formula is C17H13F4N5O. The summed E-state index contributed by atoms with van der Waals surface area (Å²) in [6, 6.07) is 4.27. The van der Waals surface area contributed by atoms with Gasteiger partial charge in [0.05, 0.1) is 23.6 Å². The van der Waals surface area contributed by atoms with Crippen molar-refractivity contribution in [2.24, 2.45) is 0 Å². The van der Waals surface area contributed by atoms with Crippen LogP contribution in [0.2, 0.25) is 0 Å². The van der Waals surface area contributed by atoms with Gasteiger partial charge in [0.1, 0.15) is 11.4 Å². The molecule has 0 spiro atoms. The lowest BCUT2D eigenvalue weighted by Gasteiger charge is -2.35. The third-order valence-electron chi connectivity index (χ3n) is 4.19.